The van der Waals surface area contributed by atoms with Gasteiger partial charge in [-0.05, 0) is 6.42 Å². The van der Waals surface area contributed by atoms with Gasteiger partial charge in [0.2, 0.25) is 0 Å². The zero-order chi connectivity index (χ0) is 8.01. The SMILES string of the molecule is O=C1N(CO)C2CC2N1CO. The fourth-order valence-corrected chi connectivity index (χ4v) is 1.62. The third-order valence-electron chi connectivity index (χ3n) is 2.32. The molecule has 0 aromatic carbocycles. The first-order valence-electron chi connectivity index (χ1n) is 3.58. The lowest BCUT2D eigenvalue weighted by atomic mass is 10.6. The Balaban J connectivity index is 2.12. The first-order chi connectivity index (χ1) is 5.29. The molecule has 0 radical (unpaired) electrons. The Morgan fingerprint density at radius 1 is 1.27 bits per heavy atom. The molecule has 2 unspecified atom stereocenters. The predicted octanol–water partition coefficient (Wildman–Crippen LogP) is -1.24. The Bertz CT molecular complexity index is 178. The van der Waals surface area contributed by atoms with Crippen molar-refractivity contribution in [2.24, 2.45) is 0 Å². The number of urea groups is 1. The number of aliphatic hydroxyl groups excluding tert-OH is 2. The number of fused-ring (bicyclic) bond motifs is 1. The van der Waals surface area contributed by atoms with Gasteiger partial charge in [-0.25, -0.2) is 4.79 Å². The molecule has 0 spiro atoms. The van der Waals surface area contributed by atoms with Crippen molar-refractivity contribution in [3.63, 3.8) is 0 Å². The lowest BCUT2D eigenvalue weighted by Gasteiger charge is -2.18. The molecule has 11 heavy (non-hydrogen) atoms. The van der Waals surface area contributed by atoms with Crippen LogP contribution in [-0.2, 0) is 0 Å². The Labute approximate surface area is 63.8 Å². The van der Waals surface area contributed by atoms with E-state index < -0.39 is 0 Å². The predicted molar refractivity (Wildman–Crippen MR) is 35.4 cm³/mol. The van der Waals surface area contributed by atoms with E-state index in [9.17, 15) is 4.79 Å². The van der Waals surface area contributed by atoms with Crippen LogP contribution < -0.4 is 0 Å². The summed E-state index contributed by atoms with van der Waals surface area (Å²) in [5, 5.41) is 17.5. The van der Waals surface area contributed by atoms with E-state index in [4.69, 9.17) is 10.2 Å². The van der Waals surface area contributed by atoms with Gasteiger partial charge in [-0.1, -0.05) is 0 Å². The third kappa shape index (κ3) is 0.749. The average molecular weight is 158 g/mol. The molecule has 5 heteroatoms. The molecule has 0 aromatic rings. The molecule has 2 rings (SSSR count). The lowest BCUT2D eigenvalue weighted by Crippen LogP contribution is -2.37. The molecule has 1 heterocycles. The molecule has 2 aliphatic rings. The van der Waals surface area contributed by atoms with E-state index in [0.717, 1.165) is 6.42 Å². The highest BCUT2D eigenvalue weighted by molar-refractivity contribution is 5.79. The summed E-state index contributed by atoms with van der Waals surface area (Å²) in [6.07, 6.45) is 0.882. The summed E-state index contributed by atoms with van der Waals surface area (Å²) in [7, 11) is 0. The number of aliphatic hydroxyl groups is 2. The number of carbonyl (C=O) groups excluding carboxylic acids is 1. The van der Waals surface area contributed by atoms with E-state index in [-0.39, 0.29) is 31.6 Å². The van der Waals surface area contributed by atoms with Crippen molar-refractivity contribution < 1.29 is 15.0 Å². The summed E-state index contributed by atoms with van der Waals surface area (Å²) in [4.78, 5) is 13.9. The van der Waals surface area contributed by atoms with Gasteiger partial charge in [0, 0.05) is 0 Å². The number of nitrogens with zero attached hydrogens (tertiary/aromatic N) is 2. The van der Waals surface area contributed by atoms with Crippen LogP contribution in [0.5, 0.6) is 0 Å². The van der Waals surface area contributed by atoms with Gasteiger partial charge in [0.1, 0.15) is 13.5 Å². The van der Waals surface area contributed by atoms with Crippen LogP contribution in [0.3, 0.4) is 0 Å². The molecule has 1 saturated heterocycles. The van der Waals surface area contributed by atoms with E-state index >= 15 is 0 Å². The van der Waals surface area contributed by atoms with E-state index in [1.807, 2.05) is 0 Å². The zero-order valence-electron chi connectivity index (χ0n) is 5.97. The second kappa shape index (κ2) is 2.09. The molecule has 2 amide bonds. The summed E-state index contributed by atoms with van der Waals surface area (Å²) >= 11 is 0. The van der Waals surface area contributed by atoms with Gasteiger partial charge < -0.3 is 10.2 Å². The highest BCUT2D eigenvalue weighted by Gasteiger charge is 2.56. The van der Waals surface area contributed by atoms with Crippen molar-refractivity contribution in [2.45, 2.75) is 18.5 Å². The van der Waals surface area contributed by atoms with Gasteiger partial charge >= 0.3 is 6.03 Å². The van der Waals surface area contributed by atoms with Crippen LogP contribution in [0.2, 0.25) is 0 Å². The molecule has 62 valence electrons. The summed E-state index contributed by atoms with van der Waals surface area (Å²) in [5.74, 6) is 0. The van der Waals surface area contributed by atoms with Crippen LogP contribution in [0.4, 0.5) is 4.79 Å². The fourth-order valence-electron chi connectivity index (χ4n) is 1.62. The van der Waals surface area contributed by atoms with E-state index in [1.165, 1.54) is 9.80 Å². The summed E-state index contributed by atoms with van der Waals surface area (Å²) in [6, 6.07) is 0.0514. The van der Waals surface area contributed by atoms with Crippen molar-refractivity contribution >= 4 is 6.03 Å². The van der Waals surface area contributed by atoms with Gasteiger partial charge in [-0.15, -0.1) is 0 Å². The van der Waals surface area contributed by atoms with Crippen LogP contribution >= 0.6 is 0 Å². The monoisotopic (exact) mass is 158 g/mol. The summed E-state index contributed by atoms with van der Waals surface area (Å²) in [5.41, 5.74) is 0. The number of hydrogen-bond acceptors (Lipinski definition) is 3. The third-order valence-corrected chi connectivity index (χ3v) is 2.32. The van der Waals surface area contributed by atoms with Crippen molar-refractivity contribution in [3.05, 3.63) is 0 Å². The maximum absolute atomic E-state index is 11.1. The van der Waals surface area contributed by atoms with Crippen molar-refractivity contribution in [2.75, 3.05) is 13.5 Å². The molecule has 0 bridgehead atoms. The first-order valence-corrected chi connectivity index (χ1v) is 3.58. The maximum atomic E-state index is 11.1. The largest absolute Gasteiger partial charge is 0.376 e. The zero-order valence-corrected chi connectivity index (χ0v) is 5.97. The molecule has 1 aliphatic heterocycles. The molecule has 0 aromatic heterocycles. The molecule has 5 nitrogen and oxygen atoms in total. The number of rotatable bonds is 2. The number of carbonyl (C=O) groups is 1. The lowest BCUT2D eigenvalue weighted by molar-refractivity contribution is 0.0935. The first kappa shape index (κ1) is 6.87. The van der Waals surface area contributed by atoms with Crippen molar-refractivity contribution in [1.29, 1.82) is 0 Å². The van der Waals surface area contributed by atoms with Crippen molar-refractivity contribution in [1.82, 2.24) is 9.80 Å². The fraction of sp³-hybridized carbons (Fsp3) is 0.833. The Morgan fingerprint density at radius 3 is 2.00 bits per heavy atom. The molecule has 1 saturated carbocycles. The molecule has 2 atom stereocenters. The van der Waals surface area contributed by atoms with Crippen LogP contribution in [-0.4, -0.2) is 51.6 Å². The Kier molecular flexibility index (Phi) is 1.30. The van der Waals surface area contributed by atoms with Crippen LogP contribution in [0.25, 0.3) is 0 Å². The smallest absolute Gasteiger partial charge is 0.324 e. The Hall–Kier alpha value is -0.810. The second-order valence-corrected chi connectivity index (χ2v) is 2.88. The summed E-state index contributed by atoms with van der Waals surface area (Å²) < 4.78 is 0. The average Bonchev–Trinajstić information content (AvgIpc) is 2.68. The van der Waals surface area contributed by atoms with Crippen molar-refractivity contribution in [3.8, 4) is 0 Å². The molecule has 2 fully saturated rings. The Morgan fingerprint density at radius 2 is 1.73 bits per heavy atom. The topological polar surface area (TPSA) is 64.0 Å². The number of amides is 2. The minimum absolute atomic E-state index is 0.152. The molecular weight excluding hydrogens is 148 g/mol. The molecule has 2 N–H and O–H groups in total. The van der Waals surface area contributed by atoms with Gasteiger partial charge in [-0.2, -0.15) is 0 Å². The molecular formula is C6H10N2O3. The number of hydrogen-bond donors (Lipinski definition) is 2. The van der Waals surface area contributed by atoms with Gasteiger partial charge in [0.15, 0.2) is 0 Å². The van der Waals surface area contributed by atoms with Gasteiger partial charge in [0.05, 0.1) is 12.1 Å². The van der Waals surface area contributed by atoms with Gasteiger partial charge in [0.25, 0.3) is 0 Å². The van der Waals surface area contributed by atoms with E-state index in [0.29, 0.717) is 0 Å². The minimum atomic E-state index is -0.253. The maximum Gasteiger partial charge on any atom is 0.324 e. The normalized spacial score (nSPS) is 34.5. The quantitative estimate of drug-likeness (QED) is 0.528. The van der Waals surface area contributed by atoms with E-state index in [1.54, 1.807) is 0 Å². The summed E-state index contributed by atoms with van der Waals surface area (Å²) in [6.45, 7) is -0.479. The van der Waals surface area contributed by atoms with E-state index in [2.05, 4.69) is 0 Å². The van der Waals surface area contributed by atoms with Crippen LogP contribution in [0.1, 0.15) is 6.42 Å². The standard InChI is InChI=1S/C6H10N2O3/c9-2-7-4-1-5(4)8(3-10)6(7)11/h4-5,9-10H,1-3H2. The van der Waals surface area contributed by atoms with Crippen LogP contribution in [0, 0.1) is 0 Å². The van der Waals surface area contributed by atoms with Crippen LogP contribution in [0.15, 0.2) is 0 Å². The second-order valence-electron chi connectivity index (χ2n) is 2.88. The molecule has 1 aliphatic carbocycles. The minimum Gasteiger partial charge on any atom is -0.376 e. The highest BCUT2D eigenvalue weighted by Crippen LogP contribution is 2.39. The highest BCUT2D eigenvalue weighted by atomic mass is 16.3. The van der Waals surface area contributed by atoms with Gasteiger partial charge in [-0.3, -0.25) is 9.80 Å².